The Morgan fingerprint density at radius 3 is 2.67 bits per heavy atom. The van der Waals surface area contributed by atoms with Gasteiger partial charge in [-0.05, 0) is 37.0 Å². The SMILES string of the molecule is CC(O)CC(C)(C)CNC(=O)Nc1cccc(S(C)=O)c1. The minimum absolute atomic E-state index is 0.182. The van der Waals surface area contributed by atoms with Gasteiger partial charge in [0.25, 0.3) is 0 Å². The Balaban J connectivity index is 2.54. The lowest BCUT2D eigenvalue weighted by atomic mass is 9.87. The zero-order chi connectivity index (χ0) is 16.0. The van der Waals surface area contributed by atoms with Gasteiger partial charge >= 0.3 is 6.03 Å². The Bertz CT molecular complexity index is 515. The van der Waals surface area contributed by atoms with Gasteiger partial charge in [-0.3, -0.25) is 4.21 Å². The number of hydrogen-bond acceptors (Lipinski definition) is 3. The van der Waals surface area contributed by atoms with E-state index in [1.54, 1.807) is 37.4 Å². The first-order chi connectivity index (χ1) is 9.69. The van der Waals surface area contributed by atoms with E-state index in [4.69, 9.17) is 0 Å². The first-order valence-corrected chi connectivity index (χ1v) is 8.42. The Hall–Kier alpha value is -1.40. The number of rotatable bonds is 6. The zero-order valence-electron chi connectivity index (χ0n) is 13.0. The number of amides is 2. The molecular weight excluding hydrogens is 288 g/mol. The second-order valence-electron chi connectivity index (χ2n) is 6.01. The van der Waals surface area contributed by atoms with E-state index in [2.05, 4.69) is 10.6 Å². The molecule has 118 valence electrons. The van der Waals surface area contributed by atoms with E-state index in [0.29, 0.717) is 23.5 Å². The third-order valence-electron chi connectivity index (χ3n) is 3.00. The van der Waals surface area contributed by atoms with E-state index in [1.165, 1.54) is 0 Å². The summed E-state index contributed by atoms with van der Waals surface area (Å²) in [5.41, 5.74) is 0.423. The highest BCUT2D eigenvalue weighted by Crippen LogP contribution is 2.21. The number of urea groups is 1. The zero-order valence-corrected chi connectivity index (χ0v) is 13.8. The monoisotopic (exact) mass is 312 g/mol. The first-order valence-electron chi connectivity index (χ1n) is 6.86. The van der Waals surface area contributed by atoms with Crippen LogP contribution in [0, 0.1) is 5.41 Å². The molecule has 1 rings (SSSR count). The van der Waals surface area contributed by atoms with E-state index in [1.807, 2.05) is 13.8 Å². The Kier molecular flexibility index (Phi) is 6.36. The van der Waals surface area contributed by atoms with Crippen molar-refractivity contribution < 1.29 is 14.1 Å². The van der Waals surface area contributed by atoms with Gasteiger partial charge in [0, 0.05) is 34.2 Å². The molecule has 0 saturated heterocycles. The maximum absolute atomic E-state index is 11.9. The molecule has 0 bridgehead atoms. The number of carbonyl (C=O) groups excluding carboxylic acids is 1. The van der Waals surface area contributed by atoms with Crippen LogP contribution >= 0.6 is 0 Å². The quantitative estimate of drug-likeness (QED) is 0.754. The van der Waals surface area contributed by atoms with Gasteiger partial charge in [0.2, 0.25) is 0 Å². The predicted molar refractivity (Wildman–Crippen MR) is 85.9 cm³/mol. The summed E-state index contributed by atoms with van der Waals surface area (Å²) in [7, 11) is -1.08. The van der Waals surface area contributed by atoms with Crippen LogP contribution in [0.3, 0.4) is 0 Å². The second-order valence-corrected chi connectivity index (χ2v) is 7.39. The van der Waals surface area contributed by atoms with Crippen LogP contribution in [0.4, 0.5) is 10.5 Å². The highest BCUT2D eigenvalue weighted by Gasteiger charge is 2.21. The van der Waals surface area contributed by atoms with E-state index in [0.717, 1.165) is 0 Å². The lowest BCUT2D eigenvalue weighted by Crippen LogP contribution is -2.38. The molecule has 0 heterocycles. The summed E-state index contributed by atoms with van der Waals surface area (Å²) in [5.74, 6) is 0. The normalized spacial score (nSPS) is 14.3. The summed E-state index contributed by atoms with van der Waals surface area (Å²) in [5, 5.41) is 14.9. The average molecular weight is 312 g/mol. The summed E-state index contributed by atoms with van der Waals surface area (Å²) in [6.45, 7) is 6.17. The molecule has 0 radical (unpaired) electrons. The summed E-state index contributed by atoms with van der Waals surface area (Å²) >= 11 is 0. The minimum Gasteiger partial charge on any atom is -0.393 e. The summed E-state index contributed by atoms with van der Waals surface area (Å²) < 4.78 is 11.4. The topological polar surface area (TPSA) is 78.4 Å². The predicted octanol–water partition coefficient (Wildman–Crippen LogP) is 2.34. The van der Waals surface area contributed by atoms with Gasteiger partial charge in [0.05, 0.1) is 6.10 Å². The Morgan fingerprint density at radius 2 is 2.10 bits per heavy atom. The van der Waals surface area contributed by atoms with Gasteiger partial charge < -0.3 is 15.7 Å². The molecule has 6 heteroatoms. The molecule has 2 unspecified atom stereocenters. The largest absolute Gasteiger partial charge is 0.393 e. The van der Waals surface area contributed by atoms with Crippen molar-refractivity contribution in [3.05, 3.63) is 24.3 Å². The van der Waals surface area contributed by atoms with Gasteiger partial charge in [-0.25, -0.2) is 4.79 Å². The van der Waals surface area contributed by atoms with E-state index >= 15 is 0 Å². The molecule has 2 atom stereocenters. The summed E-state index contributed by atoms with van der Waals surface area (Å²) in [6.07, 6.45) is 1.80. The van der Waals surface area contributed by atoms with Crippen molar-refractivity contribution >= 4 is 22.5 Å². The van der Waals surface area contributed by atoms with Gasteiger partial charge in [0.15, 0.2) is 0 Å². The number of carbonyl (C=O) groups is 1. The highest BCUT2D eigenvalue weighted by atomic mass is 32.2. The van der Waals surface area contributed by atoms with Gasteiger partial charge in [-0.2, -0.15) is 0 Å². The van der Waals surface area contributed by atoms with Crippen molar-refractivity contribution in [3.8, 4) is 0 Å². The molecule has 0 saturated carbocycles. The minimum atomic E-state index is -1.08. The summed E-state index contributed by atoms with van der Waals surface area (Å²) in [6, 6.07) is 6.63. The van der Waals surface area contributed by atoms with Crippen LogP contribution in [-0.2, 0) is 10.8 Å². The van der Waals surface area contributed by atoms with Gasteiger partial charge in [-0.15, -0.1) is 0 Å². The Labute approximate surface area is 128 Å². The standard InChI is InChI=1S/C15H24N2O3S/c1-11(18)9-15(2,3)10-16-14(19)17-12-6-5-7-13(8-12)21(4)20/h5-8,11,18H,9-10H2,1-4H3,(H2,16,17,19). The van der Waals surface area contributed by atoms with Crippen LogP contribution in [0.15, 0.2) is 29.2 Å². The lowest BCUT2D eigenvalue weighted by molar-refractivity contribution is 0.129. The van der Waals surface area contributed by atoms with Crippen LogP contribution in [0.5, 0.6) is 0 Å². The Morgan fingerprint density at radius 1 is 1.43 bits per heavy atom. The number of hydrogen-bond donors (Lipinski definition) is 3. The maximum Gasteiger partial charge on any atom is 0.319 e. The van der Waals surface area contributed by atoms with Crippen LogP contribution in [0.2, 0.25) is 0 Å². The maximum atomic E-state index is 11.9. The van der Waals surface area contributed by atoms with Gasteiger partial charge in [-0.1, -0.05) is 19.9 Å². The van der Waals surface area contributed by atoms with Crippen molar-refractivity contribution in [3.63, 3.8) is 0 Å². The number of aliphatic hydroxyl groups excluding tert-OH is 1. The van der Waals surface area contributed by atoms with Crippen molar-refractivity contribution in [2.24, 2.45) is 5.41 Å². The molecular formula is C15H24N2O3S. The van der Waals surface area contributed by atoms with Gasteiger partial charge in [0.1, 0.15) is 0 Å². The molecule has 0 spiro atoms. The summed E-state index contributed by atoms with van der Waals surface area (Å²) in [4.78, 5) is 12.5. The third-order valence-corrected chi connectivity index (χ3v) is 3.92. The molecule has 21 heavy (non-hydrogen) atoms. The van der Waals surface area contributed by atoms with E-state index in [-0.39, 0.29) is 11.4 Å². The van der Waals surface area contributed by atoms with Crippen molar-refractivity contribution in [2.75, 3.05) is 18.1 Å². The van der Waals surface area contributed by atoms with Crippen LogP contribution < -0.4 is 10.6 Å². The number of benzene rings is 1. The van der Waals surface area contributed by atoms with E-state index in [9.17, 15) is 14.1 Å². The molecule has 0 aliphatic heterocycles. The average Bonchev–Trinajstić information content (AvgIpc) is 2.35. The molecule has 0 fully saturated rings. The van der Waals surface area contributed by atoms with Crippen molar-refractivity contribution in [1.29, 1.82) is 0 Å². The molecule has 1 aromatic carbocycles. The molecule has 0 aliphatic carbocycles. The van der Waals surface area contributed by atoms with Crippen LogP contribution in [0.25, 0.3) is 0 Å². The smallest absolute Gasteiger partial charge is 0.319 e. The van der Waals surface area contributed by atoms with E-state index < -0.39 is 16.9 Å². The number of anilines is 1. The highest BCUT2D eigenvalue weighted by molar-refractivity contribution is 7.84. The molecule has 3 N–H and O–H groups in total. The second kappa shape index (κ2) is 7.56. The fraction of sp³-hybridized carbons (Fsp3) is 0.533. The van der Waals surface area contributed by atoms with Crippen molar-refractivity contribution in [1.82, 2.24) is 5.32 Å². The van der Waals surface area contributed by atoms with Crippen LogP contribution in [0.1, 0.15) is 27.2 Å². The fourth-order valence-corrected chi connectivity index (χ4v) is 2.68. The molecule has 5 nitrogen and oxygen atoms in total. The first kappa shape index (κ1) is 17.7. The third kappa shape index (κ3) is 6.73. The van der Waals surface area contributed by atoms with Crippen LogP contribution in [-0.4, -0.2) is 34.3 Å². The lowest BCUT2D eigenvalue weighted by Gasteiger charge is -2.26. The van der Waals surface area contributed by atoms with Crippen molar-refractivity contribution in [2.45, 2.75) is 38.2 Å². The molecule has 0 aromatic heterocycles. The number of nitrogens with one attached hydrogen (secondary N) is 2. The fourth-order valence-electron chi connectivity index (χ4n) is 2.12. The number of aliphatic hydroxyl groups is 1. The molecule has 0 aliphatic rings. The molecule has 2 amide bonds. The molecule has 1 aromatic rings.